The molecule has 0 saturated carbocycles. The molecule has 2 aromatic carbocycles. The first-order valence-electron chi connectivity index (χ1n) is 7.72. The Labute approximate surface area is 121 Å². The minimum absolute atomic E-state index is 0.798. The summed E-state index contributed by atoms with van der Waals surface area (Å²) in [6.45, 7) is 6.61. The Kier molecular flexibility index (Phi) is 4.34. The number of piperidine rings is 1. The maximum Gasteiger partial charge on any atom is 0.0205 e. The standard InChI is InChI=1S/C18H24N2/c1-14-4-6-18-10-15(5-7-17(18)9-14)11-20-13-16-3-2-8-19-12-16/h4-7,9-10,16,19-20H,2-3,8,11-13H2,1H3. The SMILES string of the molecule is Cc1ccc2cc(CNCC3CCCNC3)ccc2c1. The number of hydrogen-bond acceptors (Lipinski definition) is 2. The van der Waals surface area contributed by atoms with Gasteiger partial charge in [0.25, 0.3) is 0 Å². The normalized spacial score (nSPS) is 19.4. The molecule has 1 unspecified atom stereocenters. The van der Waals surface area contributed by atoms with Crippen molar-refractivity contribution in [2.24, 2.45) is 5.92 Å². The maximum absolute atomic E-state index is 3.61. The van der Waals surface area contributed by atoms with E-state index in [1.807, 2.05) is 0 Å². The van der Waals surface area contributed by atoms with Crippen molar-refractivity contribution in [3.63, 3.8) is 0 Å². The van der Waals surface area contributed by atoms with Gasteiger partial charge in [0.15, 0.2) is 0 Å². The highest BCUT2D eigenvalue weighted by Crippen LogP contribution is 2.18. The summed E-state index contributed by atoms with van der Waals surface area (Å²) in [5.41, 5.74) is 2.71. The lowest BCUT2D eigenvalue weighted by Crippen LogP contribution is -2.35. The molecule has 0 amide bonds. The van der Waals surface area contributed by atoms with Gasteiger partial charge in [-0.05, 0) is 67.7 Å². The molecule has 3 rings (SSSR count). The minimum Gasteiger partial charge on any atom is -0.316 e. The lowest BCUT2D eigenvalue weighted by atomic mass is 9.99. The third-order valence-corrected chi connectivity index (χ3v) is 4.22. The Morgan fingerprint density at radius 3 is 2.85 bits per heavy atom. The van der Waals surface area contributed by atoms with Gasteiger partial charge in [0, 0.05) is 6.54 Å². The second kappa shape index (κ2) is 6.38. The third kappa shape index (κ3) is 3.38. The van der Waals surface area contributed by atoms with E-state index >= 15 is 0 Å². The molecule has 0 aromatic heterocycles. The van der Waals surface area contributed by atoms with Crippen LogP contribution in [0.3, 0.4) is 0 Å². The number of benzene rings is 2. The number of nitrogens with one attached hydrogen (secondary N) is 2. The molecule has 1 aliphatic rings. The molecule has 2 nitrogen and oxygen atoms in total. The van der Waals surface area contributed by atoms with Crippen LogP contribution >= 0.6 is 0 Å². The second-order valence-electron chi connectivity index (χ2n) is 6.03. The van der Waals surface area contributed by atoms with Crippen molar-refractivity contribution in [3.8, 4) is 0 Å². The van der Waals surface area contributed by atoms with Crippen LogP contribution in [-0.2, 0) is 6.54 Å². The summed E-state index contributed by atoms with van der Waals surface area (Å²) in [4.78, 5) is 0. The molecule has 20 heavy (non-hydrogen) atoms. The topological polar surface area (TPSA) is 24.1 Å². The Hall–Kier alpha value is -1.38. The van der Waals surface area contributed by atoms with Gasteiger partial charge >= 0.3 is 0 Å². The lowest BCUT2D eigenvalue weighted by Gasteiger charge is -2.23. The van der Waals surface area contributed by atoms with Crippen LogP contribution in [0, 0.1) is 12.8 Å². The molecule has 1 atom stereocenters. The van der Waals surface area contributed by atoms with Crippen molar-refractivity contribution in [1.82, 2.24) is 10.6 Å². The van der Waals surface area contributed by atoms with Crippen molar-refractivity contribution in [2.75, 3.05) is 19.6 Å². The first kappa shape index (κ1) is 13.6. The molecular formula is C18H24N2. The first-order chi connectivity index (χ1) is 9.81. The Balaban J connectivity index is 1.58. The van der Waals surface area contributed by atoms with Crippen molar-refractivity contribution in [1.29, 1.82) is 0 Å². The van der Waals surface area contributed by atoms with Crippen LogP contribution in [0.5, 0.6) is 0 Å². The van der Waals surface area contributed by atoms with Crippen LogP contribution in [-0.4, -0.2) is 19.6 Å². The predicted octanol–water partition coefficient (Wildman–Crippen LogP) is 3.24. The number of hydrogen-bond donors (Lipinski definition) is 2. The van der Waals surface area contributed by atoms with Gasteiger partial charge in [0.05, 0.1) is 0 Å². The first-order valence-corrected chi connectivity index (χ1v) is 7.72. The molecule has 1 heterocycles. The summed E-state index contributed by atoms with van der Waals surface area (Å²) in [5.74, 6) is 0.798. The van der Waals surface area contributed by atoms with Gasteiger partial charge in [-0.1, -0.05) is 35.9 Å². The van der Waals surface area contributed by atoms with Crippen LogP contribution < -0.4 is 10.6 Å². The number of rotatable bonds is 4. The monoisotopic (exact) mass is 268 g/mol. The number of aryl methyl sites for hydroxylation is 1. The largest absolute Gasteiger partial charge is 0.316 e. The van der Waals surface area contributed by atoms with Crippen LogP contribution in [0.25, 0.3) is 10.8 Å². The van der Waals surface area contributed by atoms with E-state index in [-0.39, 0.29) is 0 Å². The smallest absolute Gasteiger partial charge is 0.0205 e. The molecule has 1 saturated heterocycles. The maximum atomic E-state index is 3.61. The van der Waals surface area contributed by atoms with E-state index in [0.717, 1.165) is 19.0 Å². The van der Waals surface area contributed by atoms with Gasteiger partial charge in [0.2, 0.25) is 0 Å². The van der Waals surface area contributed by atoms with Crippen molar-refractivity contribution in [2.45, 2.75) is 26.3 Å². The minimum atomic E-state index is 0.798. The summed E-state index contributed by atoms with van der Waals surface area (Å²) < 4.78 is 0. The summed E-state index contributed by atoms with van der Waals surface area (Å²) >= 11 is 0. The Bertz CT molecular complexity index is 571. The third-order valence-electron chi connectivity index (χ3n) is 4.22. The highest BCUT2D eigenvalue weighted by atomic mass is 14.9. The highest BCUT2D eigenvalue weighted by molar-refractivity contribution is 5.83. The lowest BCUT2D eigenvalue weighted by molar-refractivity contribution is 0.360. The van der Waals surface area contributed by atoms with E-state index in [2.05, 4.69) is 54.0 Å². The Morgan fingerprint density at radius 1 is 1.15 bits per heavy atom. The molecule has 0 aliphatic carbocycles. The van der Waals surface area contributed by atoms with Crippen molar-refractivity contribution < 1.29 is 0 Å². The zero-order valence-electron chi connectivity index (χ0n) is 12.3. The zero-order chi connectivity index (χ0) is 13.8. The fourth-order valence-electron chi connectivity index (χ4n) is 3.04. The second-order valence-corrected chi connectivity index (χ2v) is 6.03. The summed E-state index contributed by atoms with van der Waals surface area (Å²) in [6, 6.07) is 13.4. The summed E-state index contributed by atoms with van der Waals surface area (Å²) in [7, 11) is 0. The van der Waals surface area contributed by atoms with Crippen LogP contribution in [0.4, 0.5) is 0 Å². The molecule has 0 radical (unpaired) electrons. The number of fused-ring (bicyclic) bond motifs is 1. The van der Waals surface area contributed by atoms with Gasteiger partial charge < -0.3 is 10.6 Å². The fourth-order valence-corrected chi connectivity index (χ4v) is 3.04. The zero-order valence-corrected chi connectivity index (χ0v) is 12.3. The molecule has 2 N–H and O–H groups in total. The van der Waals surface area contributed by atoms with E-state index in [9.17, 15) is 0 Å². The molecule has 2 aromatic rings. The van der Waals surface area contributed by atoms with Crippen LogP contribution in [0.15, 0.2) is 36.4 Å². The van der Waals surface area contributed by atoms with Gasteiger partial charge in [0.1, 0.15) is 0 Å². The summed E-state index contributed by atoms with van der Waals surface area (Å²) in [5, 5.41) is 9.76. The quantitative estimate of drug-likeness (QED) is 0.889. The van der Waals surface area contributed by atoms with Gasteiger partial charge in [-0.25, -0.2) is 0 Å². The Morgan fingerprint density at radius 2 is 2.00 bits per heavy atom. The molecular weight excluding hydrogens is 244 g/mol. The average molecular weight is 268 g/mol. The van der Waals surface area contributed by atoms with E-state index in [0.29, 0.717) is 0 Å². The predicted molar refractivity (Wildman–Crippen MR) is 86.0 cm³/mol. The van der Waals surface area contributed by atoms with Crippen molar-refractivity contribution >= 4 is 10.8 Å². The van der Waals surface area contributed by atoms with Crippen LogP contribution in [0.2, 0.25) is 0 Å². The summed E-state index contributed by atoms with van der Waals surface area (Å²) in [6.07, 6.45) is 2.68. The van der Waals surface area contributed by atoms with E-state index < -0.39 is 0 Å². The average Bonchev–Trinajstić information content (AvgIpc) is 2.48. The highest BCUT2D eigenvalue weighted by Gasteiger charge is 2.11. The van der Waals surface area contributed by atoms with E-state index in [1.165, 1.54) is 47.8 Å². The van der Waals surface area contributed by atoms with Gasteiger partial charge in [-0.15, -0.1) is 0 Å². The van der Waals surface area contributed by atoms with Crippen LogP contribution in [0.1, 0.15) is 24.0 Å². The molecule has 0 spiro atoms. The van der Waals surface area contributed by atoms with E-state index in [4.69, 9.17) is 0 Å². The molecule has 106 valence electrons. The molecule has 1 fully saturated rings. The fraction of sp³-hybridized carbons (Fsp3) is 0.444. The van der Waals surface area contributed by atoms with Crippen molar-refractivity contribution in [3.05, 3.63) is 47.5 Å². The molecule has 1 aliphatic heterocycles. The van der Waals surface area contributed by atoms with E-state index in [1.54, 1.807) is 0 Å². The van der Waals surface area contributed by atoms with Gasteiger partial charge in [-0.2, -0.15) is 0 Å². The van der Waals surface area contributed by atoms with Gasteiger partial charge in [-0.3, -0.25) is 0 Å². The molecule has 0 bridgehead atoms. The molecule has 2 heteroatoms.